The van der Waals surface area contributed by atoms with Crippen LogP contribution in [0.4, 0.5) is 4.39 Å². The number of Topliss-reactive ketones (excluding diaryl/α,β-unsaturated/α-hetero) is 1. The maximum absolute atomic E-state index is 13.9. The number of carbonyl (C=O) groups is 2. The SMILES string of the molecule is O=C(c1ccc2c(c1)OCCO2)C1CCN(C(=O)c2cc3c(F)cccc3s2)CC1. The average Bonchev–Trinajstić information content (AvgIpc) is 3.24. The number of piperidine rings is 1. The highest BCUT2D eigenvalue weighted by atomic mass is 32.1. The van der Waals surface area contributed by atoms with Crippen LogP contribution in [0, 0.1) is 11.7 Å². The zero-order valence-electron chi connectivity index (χ0n) is 16.2. The molecule has 1 aromatic heterocycles. The van der Waals surface area contributed by atoms with Crippen LogP contribution in [0.2, 0.25) is 0 Å². The number of ketones is 1. The predicted octanol–water partition coefficient (Wildman–Crippen LogP) is 4.55. The zero-order valence-corrected chi connectivity index (χ0v) is 17.0. The lowest BCUT2D eigenvalue weighted by Gasteiger charge is -2.31. The number of ether oxygens (including phenoxy) is 2. The van der Waals surface area contributed by atoms with E-state index >= 15 is 0 Å². The van der Waals surface area contributed by atoms with Crippen LogP contribution in [-0.2, 0) is 0 Å². The van der Waals surface area contributed by atoms with Crippen LogP contribution in [0.25, 0.3) is 10.1 Å². The molecule has 0 atom stereocenters. The summed E-state index contributed by atoms with van der Waals surface area (Å²) >= 11 is 1.31. The van der Waals surface area contributed by atoms with Gasteiger partial charge in [0.15, 0.2) is 17.3 Å². The van der Waals surface area contributed by atoms with Crippen LogP contribution in [0.1, 0.15) is 32.9 Å². The molecule has 0 bridgehead atoms. The van der Waals surface area contributed by atoms with Gasteiger partial charge in [0.05, 0.1) is 4.88 Å². The van der Waals surface area contributed by atoms with Gasteiger partial charge >= 0.3 is 0 Å². The standard InChI is InChI=1S/C23H20FNO4S/c24-17-2-1-3-20-16(17)13-21(30-20)23(27)25-8-6-14(7-9-25)22(26)15-4-5-18-19(12-15)29-11-10-28-18/h1-5,12-14H,6-11H2. The molecule has 0 radical (unpaired) electrons. The van der Waals surface area contributed by atoms with Crippen molar-refractivity contribution in [1.82, 2.24) is 4.90 Å². The second kappa shape index (κ2) is 7.72. The highest BCUT2D eigenvalue weighted by Gasteiger charge is 2.30. The van der Waals surface area contributed by atoms with Crippen LogP contribution in [0.3, 0.4) is 0 Å². The Kier molecular flexibility index (Phi) is 4.90. The van der Waals surface area contributed by atoms with Gasteiger partial charge in [-0.1, -0.05) is 6.07 Å². The number of carbonyl (C=O) groups excluding carboxylic acids is 2. The van der Waals surface area contributed by atoms with Gasteiger partial charge in [-0.05, 0) is 49.2 Å². The van der Waals surface area contributed by atoms with Gasteiger partial charge < -0.3 is 14.4 Å². The first-order valence-electron chi connectivity index (χ1n) is 10.0. The molecule has 0 N–H and O–H groups in total. The van der Waals surface area contributed by atoms with Crippen molar-refractivity contribution in [3.8, 4) is 11.5 Å². The molecule has 3 aromatic rings. The van der Waals surface area contributed by atoms with E-state index in [0.717, 1.165) is 4.70 Å². The Balaban J connectivity index is 1.26. The van der Waals surface area contributed by atoms with E-state index in [0.29, 0.717) is 66.5 Å². The van der Waals surface area contributed by atoms with E-state index in [9.17, 15) is 14.0 Å². The fourth-order valence-electron chi connectivity index (χ4n) is 4.06. The van der Waals surface area contributed by atoms with E-state index in [1.165, 1.54) is 17.4 Å². The Bertz CT molecular complexity index is 1130. The van der Waals surface area contributed by atoms with Gasteiger partial charge in [0, 0.05) is 34.7 Å². The van der Waals surface area contributed by atoms with Gasteiger partial charge in [0.1, 0.15) is 19.0 Å². The Morgan fingerprint density at radius 2 is 1.77 bits per heavy atom. The van der Waals surface area contributed by atoms with Crippen LogP contribution >= 0.6 is 11.3 Å². The minimum atomic E-state index is -0.313. The Morgan fingerprint density at radius 1 is 1.00 bits per heavy atom. The van der Waals surface area contributed by atoms with Crippen molar-refractivity contribution in [2.75, 3.05) is 26.3 Å². The van der Waals surface area contributed by atoms with E-state index in [2.05, 4.69) is 0 Å². The molecule has 2 aliphatic heterocycles. The number of hydrogen-bond acceptors (Lipinski definition) is 5. The number of fused-ring (bicyclic) bond motifs is 2. The summed E-state index contributed by atoms with van der Waals surface area (Å²) in [5.41, 5.74) is 0.615. The topological polar surface area (TPSA) is 55.8 Å². The third kappa shape index (κ3) is 3.43. The first-order valence-corrected chi connectivity index (χ1v) is 10.8. The molecule has 2 aliphatic rings. The van der Waals surface area contributed by atoms with Gasteiger partial charge in [0.25, 0.3) is 5.91 Å². The Labute approximate surface area is 177 Å². The number of thiophene rings is 1. The minimum Gasteiger partial charge on any atom is -0.486 e. The molecular weight excluding hydrogens is 405 g/mol. The van der Waals surface area contributed by atoms with Crippen LogP contribution < -0.4 is 9.47 Å². The Hall–Kier alpha value is -2.93. The maximum atomic E-state index is 13.9. The summed E-state index contributed by atoms with van der Waals surface area (Å²) in [5.74, 6) is 0.807. The first-order chi connectivity index (χ1) is 14.6. The van der Waals surface area contributed by atoms with Crippen LogP contribution in [-0.4, -0.2) is 42.9 Å². The summed E-state index contributed by atoms with van der Waals surface area (Å²) in [6.07, 6.45) is 1.22. The summed E-state index contributed by atoms with van der Waals surface area (Å²) in [4.78, 5) is 28.1. The van der Waals surface area contributed by atoms with Gasteiger partial charge in [-0.15, -0.1) is 11.3 Å². The van der Waals surface area contributed by atoms with Crippen LogP contribution in [0.5, 0.6) is 11.5 Å². The van der Waals surface area contributed by atoms with E-state index in [1.807, 2.05) is 6.07 Å². The smallest absolute Gasteiger partial charge is 0.263 e. The largest absolute Gasteiger partial charge is 0.486 e. The summed E-state index contributed by atoms with van der Waals surface area (Å²) < 4.78 is 25.8. The molecule has 3 heterocycles. The van der Waals surface area contributed by atoms with Crippen molar-refractivity contribution in [2.24, 2.45) is 5.92 Å². The molecule has 1 amide bonds. The number of amides is 1. The van der Waals surface area contributed by atoms with E-state index in [4.69, 9.17) is 9.47 Å². The van der Waals surface area contributed by atoms with Crippen molar-refractivity contribution in [1.29, 1.82) is 0 Å². The quantitative estimate of drug-likeness (QED) is 0.578. The molecule has 2 aromatic carbocycles. The molecule has 0 spiro atoms. The number of likely N-dealkylation sites (tertiary alicyclic amines) is 1. The van der Waals surface area contributed by atoms with Gasteiger partial charge in [-0.2, -0.15) is 0 Å². The lowest BCUT2D eigenvalue weighted by Crippen LogP contribution is -2.40. The van der Waals surface area contributed by atoms with Crippen molar-refractivity contribution in [2.45, 2.75) is 12.8 Å². The summed E-state index contributed by atoms with van der Waals surface area (Å²) in [7, 11) is 0. The third-order valence-electron chi connectivity index (χ3n) is 5.70. The molecular formula is C23H20FNO4S. The zero-order chi connectivity index (χ0) is 20.7. The minimum absolute atomic E-state index is 0.0722. The number of hydrogen-bond donors (Lipinski definition) is 0. The number of halogens is 1. The lowest BCUT2D eigenvalue weighted by molar-refractivity contribution is 0.0654. The highest BCUT2D eigenvalue weighted by Crippen LogP contribution is 2.33. The van der Waals surface area contributed by atoms with Crippen molar-refractivity contribution >= 4 is 33.1 Å². The molecule has 5 rings (SSSR count). The molecule has 1 fully saturated rings. The van der Waals surface area contributed by atoms with Gasteiger partial charge in [-0.25, -0.2) is 4.39 Å². The van der Waals surface area contributed by atoms with Gasteiger partial charge in [-0.3, -0.25) is 9.59 Å². The molecule has 30 heavy (non-hydrogen) atoms. The highest BCUT2D eigenvalue weighted by molar-refractivity contribution is 7.20. The molecule has 5 nitrogen and oxygen atoms in total. The Morgan fingerprint density at radius 3 is 2.53 bits per heavy atom. The normalized spacial score (nSPS) is 16.6. The molecule has 1 saturated heterocycles. The maximum Gasteiger partial charge on any atom is 0.263 e. The van der Waals surface area contributed by atoms with Crippen molar-refractivity contribution < 1.29 is 23.5 Å². The number of rotatable bonds is 3. The summed E-state index contributed by atoms with van der Waals surface area (Å²) in [6, 6.07) is 11.8. The van der Waals surface area contributed by atoms with E-state index in [1.54, 1.807) is 35.2 Å². The van der Waals surface area contributed by atoms with Crippen molar-refractivity contribution in [3.63, 3.8) is 0 Å². The summed E-state index contributed by atoms with van der Waals surface area (Å²) in [6.45, 7) is 2.01. The van der Waals surface area contributed by atoms with Crippen LogP contribution in [0.15, 0.2) is 42.5 Å². The molecule has 154 valence electrons. The predicted molar refractivity (Wildman–Crippen MR) is 112 cm³/mol. The average molecular weight is 425 g/mol. The molecule has 0 aliphatic carbocycles. The lowest BCUT2D eigenvalue weighted by atomic mass is 9.88. The molecule has 0 unspecified atom stereocenters. The second-order valence-electron chi connectivity index (χ2n) is 7.55. The summed E-state index contributed by atoms with van der Waals surface area (Å²) in [5, 5.41) is 0.481. The fraction of sp³-hybridized carbons (Fsp3) is 0.304. The van der Waals surface area contributed by atoms with Gasteiger partial charge in [0.2, 0.25) is 0 Å². The first kappa shape index (κ1) is 19.1. The van der Waals surface area contributed by atoms with Crippen molar-refractivity contribution in [3.05, 3.63) is 58.7 Å². The molecule has 0 saturated carbocycles. The monoisotopic (exact) mass is 425 g/mol. The van der Waals surface area contributed by atoms with E-state index in [-0.39, 0.29) is 23.4 Å². The number of nitrogens with zero attached hydrogens (tertiary/aromatic N) is 1. The third-order valence-corrected chi connectivity index (χ3v) is 6.79. The number of benzene rings is 2. The second-order valence-corrected chi connectivity index (χ2v) is 8.64. The van der Waals surface area contributed by atoms with E-state index < -0.39 is 0 Å². The fourth-order valence-corrected chi connectivity index (χ4v) is 5.11. The molecule has 7 heteroatoms.